The summed E-state index contributed by atoms with van der Waals surface area (Å²) in [4.78, 5) is 0.194. The van der Waals surface area contributed by atoms with Gasteiger partial charge in [-0.25, -0.2) is 8.42 Å². The molecule has 6 heteroatoms. The summed E-state index contributed by atoms with van der Waals surface area (Å²) in [6.45, 7) is 0.0544. The molecule has 2 aliphatic rings. The fraction of sp³-hybridized carbons (Fsp3) is 0.500. The minimum atomic E-state index is -3.40. The lowest BCUT2D eigenvalue weighted by molar-refractivity contribution is 0.171. The van der Waals surface area contributed by atoms with Gasteiger partial charge in [-0.1, -0.05) is 6.07 Å². The smallest absolute Gasteiger partial charge is 0.231 e. The summed E-state index contributed by atoms with van der Waals surface area (Å²) in [6, 6.07) is 3.49. The van der Waals surface area contributed by atoms with Gasteiger partial charge in [0, 0.05) is 11.8 Å². The Morgan fingerprint density at radius 3 is 2.56 bits per heavy atom. The Balaban J connectivity index is 2.27. The van der Waals surface area contributed by atoms with Crippen LogP contribution in [0.3, 0.4) is 0 Å². The number of rotatable bonds is 2. The Morgan fingerprint density at radius 2 is 2.00 bits per heavy atom. The molecular weight excluding hydrogens is 254 g/mol. The summed E-state index contributed by atoms with van der Waals surface area (Å²) in [5, 5.41) is 0. The fourth-order valence-corrected chi connectivity index (χ4v) is 3.70. The second-order valence-electron chi connectivity index (χ2n) is 4.96. The maximum Gasteiger partial charge on any atom is 0.231 e. The number of hydrogen-bond acceptors (Lipinski definition) is 5. The highest BCUT2D eigenvalue weighted by molar-refractivity contribution is 7.90. The van der Waals surface area contributed by atoms with Crippen LogP contribution in [0.2, 0.25) is 0 Å². The van der Waals surface area contributed by atoms with Gasteiger partial charge >= 0.3 is 0 Å². The molecule has 0 unspecified atom stereocenters. The van der Waals surface area contributed by atoms with Crippen LogP contribution >= 0.6 is 0 Å². The van der Waals surface area contributed by atoms with Gasteiger partial charge in [0.1, 0.15) is 4.90 Å². The summed E-state index contributed by atoms with van der Waals surface area (Å²) in [5.74, 6) is 0.786. The monoisotopic (exact) mass is 269 g/mol. The molecule has 3 rings (SSSR count). The van der Waals surface area contributed by atoms with Crippen molar-refractivity contribution in [3.05, 3.63) is 17.7 Å². The van der Waals surface area contributed by atoms with Crippen LogP contribution in [0, 0.1) is 0 Å². The third kappa shape index (κ3) is 1.59. The molecule has 1 fully saturated rings. The lowest BCUT2D eigenvalue weighted by Gasteiger charge is -2.39. The molecule has 1 aliphatic carbocycles. The molecule has 1 aromatic carbocycles. The first-order chi connectivity index (χ1) is 8.42. The van der Waals surface area contributed by atoms with Gasteiger partial charge in [0.2, 0.25) is 6.79 Å². The van der Waals surface area contributed by atoms with Gasteiger partial charge in [-0.2, -0.15) is 0 Å². The van der Waals surface area contributed by atoms with Crippen molar-refractivity contribution < 1.29 is 17.9 Å². The van der Waals surface area contributed by atoms with Crippen LogP contribution < -0.4 is 15.2 Å². The normalized spacial score (nSPS) is 20.6. The molecule has 1 heterocycles. The fourth-order valence-electron chi connectivity index (χ4n) is 2.53. The van der Waals surface area contributed by atoms with Crippen molar-refractivity contribution in [3.8, 4) is 11.5 Å². The van der Waals surface area contributed by atoms with Crippen molar-refractivity contribution in [1.82, 2.24) is 0 Å². The van der Waals surface area contributed by atoms with Crippen LogP contribution in [-0.2, 0) is 15.4 Å². The third-order valence-electron chi connectivity index (χ3n) is 3.65. The third-order valence-corrected chi connectivity index (χ3v) is 4.79. The highest BCUT2D eigenvalue weighted by atomic mass is 32.2. The maximum absolute atomic E-state index is 12.0. The van der Waals surface area contributed by atoms with Gasteiger partial charge in [-0.3, -0.25) is 0 Å². The van der Waals surface area contributed by atoms with E-state index in [0.717, 1.165) is 19.3 Å². The lowest BCUT2D eigenvalue weighted by Crippen LogP contribution is -2.44. The number of sulfone groups is 1. The SMILES string of the molecule is CS(=O)(=O)c1c(C2(N)CCC2)ccc2c1OCO2. The van der Waals surface area contributed by atoms with Crippen molar-refractivity contribution in [2.24, 2.45) is 5.73 Å². The van der Waals surface area contributed by atoms with Crippen LogP contribution in [0.4, 0.5) is 0 Å². The zero-order valence-electron chi connectivity index (χ0n) is 10.1. The molecule has 1 saturated carbocycles. The first-order valence-electron chi connectivity index (χ1n) is 5.84. The molecule has 5 nitrogen and oxygen atoms in total. The molecule has 0 aromatic heterocycles. The van der Waals surface area contributed by atoms with E-state index in [0.29, 0.717) is 17.1 Å². The van der Waals surface area contributed by atoms with E-state index in [1.54, 1.807) is 12.1 Å². The zero-order valence-corrected chi connectivity index (χ0v) is 10.9. The number of ether oxygens (including phenoxy) is 2. The first-order valence-corrected chi connectivity index (χ1v) is 7.73. The van der Waals surface area contributed by atoms with E-state index >= 15 is 0 Å². The van der Waals surface area contributed by atoms with Crippen molar-refractivity contribution in [2.45, 2.75) is 29.7 Å². The molecule has 98 valence electrons. The van der Waals surface area contributed by atoms with E-state index in [1.165, 1.54) is 6.26 Å². The van der Waals surface area contributed by atoms with Crippen LogP contribution in [0.5, 0.6) is 11.5 Å². The maximum atomic E-state index is 12.0. The van der Waals surface area contributed by atoms with E-state index in [2.05, 4.69) is 0 Å². The van der Waals surface area contributed by atoms with Crippen LogP contribution in [0.15, 0.2) is 17.0 Å². The highest BCUT2D eigenvalue weighted by Crippen LogP contribution is 2.48. The van der Waals surface area contributed by atoms with Crippen LogP contribution in [0.1, 0.15) is 24.8 Å². The van der Waals surface area contributed by atoms with E-state index in [1.807, 2.05) is 0 Å². The Labute approximate surface area is 106 Å². The van der Waals surface area contributed by atoms with E-state index in [-0.39, 0.29) is 11.7 Å². The largest absolute Gasteiger partial charge is 0.454 e. The summed E-state index contributed by atoms with van der Waals surface area (Å²) in [5.41, 5.74) is 6.37. The molecular formula is C12H15NO4S. The van der Waals surface area contributed by atoms with Crippen molar-refractivity contribution in [2.75, 3.05) is 13.0 Å². The van der Waals surface area contributed by atoms with Crippen molar-refractivity contribution in [1.29, 1.82) is 0 Å². The van der Waals surface area contributed by atoms with Gasteiger partial charge in [0.15, 0.2) is 21.3 Å². The average Bonchev–Trinajstić information content (AvgIpc) is 2.70. The minimum absolute atomic E-state index is 0.0544. The molecule has 18 heavy (non-hydrogen) atoms. The minimum Gasteiger partial charge on any atom is -0.454 e. The predicted molar refractivity (Wildman–Crippen MR) is 65.4 cm³/mol. The Kier molecular flexibility index (Phi) is 2.37. The highest BCUT2D eigenvalue weighted by Gasteiger charge is 2.40. The van der Waals surface area contributed by atoms with Gasteiger partial charge in [0.25, 0.3) is 0 Å². The molecule has 2 N–H and O–H groups in total. The van der Waals surface area contributed by atoms with Crippen molar-refractivity contribution >= 4 is 9.84 Å². The van der Waals surface area contributed by atoms with E-state index in [9.17, 15) is 8.42 Å². The molecule has 0 saturated heterocycles. The van der Waals surface area contributed by atoms with Crippen molar-refractivity contribution in [3.63, 3.8) is 0 Å². The Morgan fingerprint density at radius 1 is 1.28 bits per heavy atom. The number of nitrogens with two attached hydrogens (primary N) is 1. The van der Waals surface area contributed by atoms with Gasteiger partial charge in [-0.05, 0) is 30.9 Å². The topological polar surface area (TPSA) is 78.6 Å². The van der Waals surface area contributed by atoms with E-state index in [4.69, 9.17) is 15.2 Å². The lowest BCUT2D eigenvalue weighted by atomic mass is 9.72. The zero-order chi connectivity index (χ0) is 13.0. The van der Waals surface area contributed by atoms with Gasteiger partial charge < -0.3 is 15.2 Å². The predicted octanol–water partition coefficient (Wildman–Crippen LogP) is 1.16. The first kappa shape index (κ1) is 11.8. The van der Waals surface area contributed by atoms with Crippen LogP contribution in [0.25, 0.3) is 0 Å². The molecule has 0 radical (unpaired) electrons. The van der Waals surface area contributed by atoms with Gasteiger partial charge in [-0.15, -0.1) is 0 Å². The number of benzene rings is 1. The molecule has 0 atom stereocenters. The van der Waals surface area contributed by atoms with Crippen LogP contribution in [-0.4, -0.2) is 21.5 Å². The number of fused-ring (bicyclic) bond motifs is 1. The Hall–Kier alpha value is -1.27. The quantitative estimate of drug-likeness (QED) is 0.871. The summed E-state index contributed by atoms with van der Waals surface area (Å²) >= 11 is 0. The van der Waals surface area contributed by atoms with E-state index < -0.39 is 15.4 Å². The molecule has 1 aromatic rings. The molecule has 0 amide bonds. The summed E-state index contributed by atoms with van der Waals surface area (Å²) in [6.07, 6.45) is 3.80. The summed E-state index contributed by atoms with van der Waals surface area (Å²) in [7, 11) is -3.40. The molecule has 1 aliphatic heterocycles. The van der Waals surface area contributed by atoms with Gasteiger partial charge in [0.05, 0.1) is 0 Å². The second-order valence-corrected chi connectivity index (χ2v) is 6.91. The second kappa shape index (κ2) is 3.61. The number of hydrogen-bond donors (Lipinski definition) is 1. The molecule has 0 bridgehead atoms. The average molecular weight is 269 g/mol. The standard InChI is InChI=1S/C12H15NO4S/c1-18(14,15)11-8(12(13)5-2-6-12)3-4-9-10(11)17-7-16-9/h3-4H,2,5-7,13H2,1H3. The molecule has 0 spiro atoms. The summed E-state index contributed by atoms with van der Waals surface area (Å²) < 4.78 is 34.5. The Bertz CT molecular complexity index is 605.